The molecule has 2 heterocycles. The highest BCUT2D eigenvalue weighted by molar-refractivity contribution is 6.29. The summed E-state index contributed by atoms with van der Waals surface area (Å²) in [6.07, 6.45) is 1.35. The zero-order valence-corrected chi connectivity index (χ0v) is 10.0. The molecule has 0 aliphatic heterocycles. The molecule has 0 aliphatic rings. The van der Waals surface area contributed by atoms with Gasteiger partial charge in [0.15, 0.2) is 0 Å². The van der Waals surface area contributed by atoms with E-state index in [9.17, 15) is 10.1 Å². The van der Waals surface area contributed by atoms with Crippen LogP contribution in [0.4, 0.5) is 11.5 Å². The first-order chi connectivity index (χ1) is 8.58. The summed E-state index contributed by atoms with van der Waals surface area (Å²) in [5.74, 6) is 0.641. The van der Waals surface area contributed by atoms with Gasteiger partial charge in [0, 0.05) is 6.07 Å². The van der Waals surface area contributed by atoms with Crippen LogP contribution in [0.3, 0.4) is 0 Å². The number of nitro groups is 1. The van der Waals surface area contributed by atoms with Crippen LogP contribution in [0.5, 0.6) is 0 Å². The van der Waals surface area contributed by atoms with E-state index in [2.05, 4.69) is 25.5 Å². The molecule has 2 aromatic rings. The van der Waals surface area contributed by atoms with Crippen LogP contribution in [-0.4, -0.2) is 25.1 Å². The van der Waals surface area contributed by atoms with Crippen molar-refractivity contribution in [3.8, 4) is 0 Å². The Morgan fingerprint density at radius 1 is 1.56 bits per heavy atom. The summed E-state index contributed by atoms with van der Waals surface area (Å²) in [5.41, 5.74) is -0.147. The molecule has 0 aliphatic carbocycles. The lowest BCUT2D eigenvalue weighted by Crippen LogP contribution is -2.11. The number of aromatic amines is 1. The number of nitrogens with zero attached hydrogens (tertiary/aromatic N) is 4. The number of halogens is 1. The van der Waals surface area contributed by atoms with E-state index in [0.29, 0.717) is 5.82 Å². The smallest absolute Gasteiger partial charge is 0.311 e. The number of aromatic nitrogens is 4. The van der Waals surface area contributed by atoms with Gasteiger partial charge in [-0.25, -0.2) is 9.97 Å². The molecular weight excluding hydrogens is 260 g/mol. The molecule has 0 fully saturated rings. The van der Waals surface area contributed by atoms with Crippen LogP contribution in [0, 0.1) is 10.1 Å². The number of rotatable bonds is 4. The molecule has 0 bridgehead atoms. The topological polar surface area (TPSA) is 110 Å². The van der Waals surface area contributed by atoms with Crippen molar-refractivity contribution in [2.75, 3.05) is 5.32 Å². The highest BCUT2D eigenvalue weighted by Gasteiger charge is 2.19. The van der Waals surface area contributed by atoms with Gasteiger partial charge in [0.05, 0.1) is 11.0 Å². The molecule has 18 heavy (non-hydrogen) atoms. The van der Waals surface area contributed by atoms with Crippen LogP contribution in [0.15, 0.2) is 18.5 Å². The highest BCUT2D eigenvalue weighted by Crippen LogP contribution is 2.26. The number of anilines is 1. The van der Waals surface area contributed by atoms with Gasteiger partial charge >= 0.3 is 5.69 Å². The van der Waals surface area contributed by atoms with Gasteiger partial charge in [0.1, 0.15) is 17.3 Å². The van der Waals surface area contributed by atoms with E-state index >= 15 is 0 Å². The second kappa shape index (κ2) is 4.96. The average molecular weight is 269 g/mol. The lowest BCUT2D eigenvalue weighted by molar-refractivity contribution is -0.384. The largest absolute Gasteiger partial charge is 0.355 e. The number of nitrogens with one attached hydrogen (secondary N) is 2. The molecule has 0 saturated carbocycles. The summed E-state index contributed by atoms with van der Waals surface area (Å²) >= 11 is 5.72. The van der Waals surface area contributed by atoms with Crippen molar-refractivity contribution in [2.24, 2.45) is 0 Å². The summed E-state index contributed by atoms with van der Waals surface area (Å²) in [5, 5.41) is 20.3. The summed E-state index contributed by atoms with van der Waals surface area (Å²) in [7, 11) is 0. The number of H-pyrrole nitrogens is 1. The van der Waals surface area contributed by atoms with Crippen molar-refractivity contribution >= 4 is 23.1 Å². The van der Waals surface area contributed by atoms with Crippen LogP contribution in [0.25, 0.3) is 0 Å². The quantitative estimate of drug-likeness (QED) is 0.498. The van der Waals surface area contributed by atoms with Crippen molar-refractivity contribution in [1.82, 2.24) is 20.2 Å². The summed E-state index contributed by atoms with van der Waals surface area (Å²) < 4.78 is 0. The fourth-order valence-electron chi connectivity index (χ4n) is 1.38. The van der Waals surface area contributed by atoms with E-state index < -0.39 is 4.92 Å². The lowest BCUT2D eigenvalue weighted by atomic mass is 10.3. The van der Waals surface area contributed by atoms with Crippen molar-refractivity contribution < 1.29 is 4.92 Å². The maximum atomic E-state index is 10.8. The summed E-state index contributed by atoms with van der Waals surface area (Å²) in [6.45, 7) is 1.77. The molecule has 2 N–H and O–H groups in total. The molecule has 8 nitrogen and oxygen atoms in total. The first kappa shape index (κ1) is 12.2. The van der Waals surface area contributed by atoms with Crippen molar-refractivity contribution in [1.29, 1.82) is 0 Å². The molecule has 94 valence electrons. The molecule has 0 saturated heterocycles. The van der Waals surface area contributed by atoms with E-state index in [1.165, 1.54) is 18.5 Å². The van der Waals surface area contributed by atoms with Crippen LogP contribution in [-0.2, 0) is 0 Å². The van der Waals surface area contributed by atoms with Crippen LogP contribution >= 0.6 is 11.6 Å². The normalized spacial score (nSPS) is 12.1. The number of hydrogen-bond acceptors (Lipinski definition) is 6. The molecule has 1 atom stereocenters. The number of hydrogen-bond donors (Lipinski definition) is 2. The fourth-order valence-corrected chi connectivity index (χ4v) is 1.53. The third-order valence-corrected chi connectivity index (χ3v) is 2.44. The Bertz CT molecular complexity index is 558. The Morgan fingerprint density at radius 2 is 2.33 bits per heavy atom. The first-order valence-corrected chi connectivity index (χ1v) is 5.38. The predicted octanol–water partition coefficient (Wildman–Crippen LogP) is 1.93. The van der Waals surface area contributed by atoms with Gasteiger partial charge in [-0.3, -0.25) is 15.2 Å². The summed E-state index contributed by atoms with van der Waals surface area (Å²) in [4.78, 5) is 18.2. The third kappa shape index (κ3) is 2.54. The van der Waals surface area contributed by atoms with Crippen LogP contribution < -0.4 is 5.32 Å². The van der Waals surface area contributed by atoms with Crippen LogP contribution in [0.1, 0.15) is 18.8 Å². The van der Waals surface area contributed by atoms with Crippen molar-refractivity contribution in [3.63, 3.8) is 0 Å². The van der Waals surface area contributed by atoms with E-state index in [0.717, 1.165) is 0 Å². The van der Waals surface area contributed by atoms with Gasteiger partial charge in [-0.15, -0.1) is 0 Å². The summed E-state index contributed by atoms with van der Waals surface area (Å²) in [6, 6.07) is 2.35. The van der Waals surface area contributed by atoms with E-state index in [1.54, 1.807) is 6.92 Å². The minimum absolute atomic E-state index is 0.0939. The Morgan fingerprint density at radius 3 is 2.94 bits per heavy atom. The van der Waals surface area contributed by atoms with E-state index in [4.69, 9.17) is 11.6 Å². The molecule has 0 aromatic carbocycles. The molecule has 2 aromatic heterocycles. The minimum Gasteiger partial charge on any atom is -0.355 e. The SMILES string of the molecule is CC(Nc1nc(Cl)ccc1[N+](=O)[O-])c1ncn[nH]1. The Kier molecular flexibility index (Phi) is 3.38. The van der Waals surface area contributed by atoms with Gasteiger partial charge in [-0.1, -0.05) is 11.6 Å². The lowest BCUT2D eigenvalue weighted by Gasteiger charge is -2.11. The van der Waals surface area contributed by atoms with Gasteiger partial charge in [-0.2, -0.15) is 5.10 Å². The second-order valence-corrected chi connectivity index (χ2v) is 3.88. The Hall–Kier alpha value is -2.22. The molecule has 9 heteroatoms. The first-order valence-electron chi connectivity index (χ1n) is 5.00. The van der Waals surface area contributed by atoms with Gasteiger partial charge < -0.3 is 5.32 Å². The monoisotopic (exact) mass is 268 g/mol. The molecule has 2 rings (SSSR count). The third-order valence-electron chi connectivity index (χ3n) is 2.23. The van der Waals surface area contributed by atoms with Gasteiger partial charge in [-0.05, 0) is 13.0 Å². The fraction of sp³-hybridized carbons (Fsp3) is 0.222. The predicted molar refractivity (Wildman–Crippen MR) is 64.3 cm³/mol. The maximum absolute atomic E-state index is 10.8. The molecule has 1 unspecified atom stereocenters. The molecule has 0 spiro atoms. The van der Waals surface area contributed by atoms with Gasteiger partial charge in [0.2, 0.25) is 5.82 Å². The zero-order valence-electron chi connectivity index (χ0n) is 9.29. The van der Waals surface area contributed by atoms with Crippen LogP contribution in [0.2, 0.25) is 5.15 Å². The van der Waals surface area contributed by atoms with E-state index in [1.807, 2.05) is 0 Å². The Balaban J connectivity index is 2.28. The Labute approximate surface area is 107 Å². The molecule has 0 radical (unpaired) electrons. The van der Waals surface area contributed by atoms with Crippen molar-refractivity contribution in [3.05, 3.63) is 39.6 Å². The molecule has 0 amide bonds. The number of pyridine rings is 1. The maximum Gasteiger partial charge on any atom is 0.311 e. The standard InChI is InChI=1S/C9H9ClN6O2/c1-5(8-11-4-12-15-8)13-9-6(16(17)18)2-3-7(10)14-9/h2-5H,1H3,(H,13,14)(H,11,12,15). The van der Waals surface area contributed by atoms with Crippen molar-refractivity contribution in [2.45, 2.75) is 13.0 Å². The average Bonchev–Trinajstić information content (AvgIpc) is 2.81. The molecular formula is C9H9ClN6O2. The zero-order chi connectivity index (χ0) is 13.1. The minimum atomic E-state index is -0.529. The van der Waals surface area contributed by atoms with Gasteiger partial charge in [0.25, 0.3) is 0 Å². The second-order valence-electron chi connectivity index (χ2n) is 3.50. The highest BCUT2D eigenvalue weighted by atomic mass is 35.5. The van der Waals surface area contributed by atoms with E-state index in [-0.39, 0.29) is 22.7 Å².